The number of aryl methyl sites for hydroxylation is 1. The molecular formula is C13H12ClN3. The van der Waals surface area contributed by atoms with Crippen molar-refractivity contribution in [3.8, 4) is 0 Å². The van der Waals surface area contributed by atoms with Gasteiger partial charge in [0.05, 0.1) is 6.21 Å². The molecule has 0 aliphatic rings. The minimum atomic E-state index is 0.627. The summed E-state index contributed by atoms with van der Waals surface area (Å²) in [5.41, 5.74) is 5.08. The van der Waals surface area contributed by atoms with Gasteiger partial charge in [-0.3, -0.25) is 5.43 Å². The van der Waals surface area contributed by atoms with Crippen molar-refractivity contribution in [2.75, 3.05) is 5.43 Å². The van der Waals surface area contributed by atoms with E-state index in [9.17, 15) is 0 Å². The zero-order chi connectivity index (χ0) is 12.1. The number of halogens is 1. The lowest BCUT2D eigenvalue weighted by atomic mass is 10.1. The summed E-state index contributed by atoms with van der Waals surface area (Å²) < 4.78 is 0. The van der Waals surface area contributed by atoms with Gasteiger partial charge in [0, 0.05) is 17.3 Å². The van der Waals surface area contributed by atoms with Gasteiger partial charge >= 0.3 is 0 Å². The maximum Gasteiger partial charge on any atom is 0.147 e. The number of anilines is 1. The van der Waals surface area contributed by atoms with Crippen LogP contribution in [0.25, 0.3) is 0 Å². The second-order valence-electron chi connectivity index (χ2n) is 3.59. The lowest BCUT2D eigenvalue weighted by molar-refractivity contribution is 1.23. The van der Waals surface area contributed by atoms with Gasteiger partial charge in [-0.05, 0) is 24.1 Å². The Morgan fingerprint density at radius 3 is 2.88 bits per heavy atom. The standard InChI is InChI=1S/C13H12ClN3/c1-10-4-2-3-5-11(10)9-16-17-13-8-12(14)6-7-15-13/h2-9H,1H3,(H,15,17)/b16-9+. The van der Waals surface area contributed by atoms with Crippen LogP contribution in [0.5, 0.6) is 0 Å². The number of nitrogens with one attached hydrogen (secondary N) is 1. The number of hydrogen-bond donors (Lipinski definition) is 1. The van der Waals surface area contributed by atoms with Crippen LogP contribution in [0.3, 0.4) is 0 Å². The maximum absolute atomic E-state index is 5.83. The summed E-state index contributed by atoms with van der Waals surface area (Å²) in [5, 5.41) is 4.75. The molecule has 0 fully saturated rings. The molecule has 0 saturated carbocycles. The number of hydrazone groups is 1. The molecule has 1 heterocycles. The van der Waals surface area contributed by atoms with E-state index in [0.717, 1.165) is 5.56 Å². The van der Waals surface area contributed by atoms with E-state index in [1.54, 1.807) is 24.5 Å². The van der Waals surface area contributed by atoms with Crippen LogP contribution in [0.15, 0.2) is 47.7 Å². The van der Waals surface area contributed by atoms with E-state index in [2.05, 4.69) is 15.5 Å². The van der Waals surface area contributed by atoms with E-state index >= 15 is 0 Å². The van der Waals surface area contributed by atoms with Gasteiger partial charge in [0.25, 0.3) is 0 Å². The maximum atomic E-state index is 5.83. The number of hydrogen-bond acceptors (Lipinski definition) is 3. The van der Waals surface area contributed by atoms with Gasteiger partial charge in [0.2, 0.25) is 0 Å². The average Bonchev–Trinajstić information content (AvgIpc) is 2.32. The van der Waals surface area contributed by atoms with E-state index < -0.39 is 0 Å². The minimum Gasteiger partial charge on any atom is -0.261 e. The van der Waals surface area contributed by atoms with E-state index in [4.69, 9.17) is 11.6 Å². The van der Waals surface area contributed by atoms with Crippen LogP contribution in [-0.4, -0.2) is 11.2 Å². The monoisotopic (exact) mass is 245 g/mol. The highest BCUT2D eigenvalue weighted by molar-refractivity contribution is 6.30. The van der Waals surface area contributed by atoms with Crippen molar-refractivity contribution < 1.29 is 0 Å². The number of rotatable bonds is 3. The Bertz CT molecular complexity index is 538. The molecular weight excluding hydrogens is 234 g/mol. The molecule has 1 aromatic heterocycles. The predicted molar refractivity (Wildman–Crippen MR) is 71.6 cm³/mol. The molecule has 3 nitrogen and oxygen atoms in total. The lowest BCUT2D eigenvalue weighted by Crippen LogP contribution is -1.94. The Morgan fingerprint density at radius 2 is 2.12 bits per heavy atom. The van der Waals surface area contributed by atoms with Crippen LogP contribution < -0.4 is 5.43 Å². The third kappa shape index (κ3) is 3.29. The third-order valence-corrected chi connectivity index (χ3v) is 2.53. The molecule has 0 unspecified atom stereocenters. The fourth-order valence-corrected chi connectivity index (χ4v) is 1.53. The van der Waals surface area contributed by atoms with Gasteiger partial charge in [-0.2, -0.15) is 5.10 Å². The van der Waals surface area contributed by atoms with E-state index in [1.165, 1.54) is 5.56 Å². The van der Waals surface area contributed by atoms with Crippen LogP contribution in [0.4, 0.5) is 5.82 Å². The summed E-state index contributed by atoms with van der Waals surface area (Å²) in [4.78, 5) is 4.08. The van der Waals surface area contributed by atoms with Crippen molar-refractivity contribution in [3.05, 3.63) is 58.7 Å². The minimum absolute atomic E-state index is 0.627. The molecule has 0 saturated heterocycles. The molecule has 2 rings (SSSR count). The second kappa shape index (κ2) is 5.46. The predicted octanol–water partition coefficient (Wildman–Crippen LogP) is 3.49. The Hall–Kier alpha value is -1.87. The highest BCUT2D eigenvalue weighted by Gasteiger charge is 1.93. The lowest BCUT2D eigenvalue weighted by Gasteiger charge is -2.00. The van der Waals surface area contributed by atoms with Crippen LogP contribution >= 0.6 is 11.6 Å². The molecule has 0 amide bonds. The summed E-state index contributed by atoms with van der Waals surface area (Å²) in [6.07, 6.45) is 3.39. The van der Waals surface area contributed by atoms with Gasteiger partial charge in [-0.1, -0.05) is 35.9 Å². The highest BCUT2D eigenvalue weighted by Crippen LogP contribution is 2.11. The molecule has 1 aromatic carbocycles. The largest absolute Gasteiger partial charge is 0.261 e. The molecule has 0 atom stereocenters. The normalized spacial score (nSPS) is 10.7. The van der Waals surface area contributed by atoms with Crippen molar-refractivity contribution in [2.45, 2.75) is 6.92 Å². The molecule has 0 aliphatic heterocycles. The van der Waals surface area contributed by atoms with Crippen LogP contribution in [0.2, 0.25) is 5.02 Å². The molecule has 0 aliphatic carbocycles. The average molecular weight is 246 g/mol. The Balaban J connectivity index is 2.06. The molecule has 0 radical (unpaired) electrons. The fourth-order valence-electron chi connectivity index (χ4n) is 1.37. The zero-order valence-electron chi connectivity index (χ0n) is 9.39. The molecule has 4 heteroatoms. The van der Waals surface area contributed by atoms with Crippen molar-refractivity contribution in [1.29, 1.82) is 0 Å². The van der Waals surface area contributed by atoms with Crippen molar-refractivity contribution in [3.63, 3.8) is 0 Å². The van der Waals surface area contributed by atoms with E-state index in [0.29, 0.717) is 10.8 Å². The molecule has 17 heavy (non-hydrogen) atoms. The first-order valence-corrected chi connectivity index (χ1v) is 5.60. The fraction of sp³-hybridized carbons (Fsp3) is 0.0769. The Kier molecular flexibility index (Phi) is 3.73. The first kappa shape index (κ1) is 11.6. The van der Waals surface area contributed by atoms with Crippen LogP contribution in [0.1, 0.15) is 11.1 Å². The summed E-state index contributed by atoms with van der Waals surface area (Å²) in [7, 11) is 0. The first-order chi connectivity index (χ1) is 8.25. The van der Waals surface area contributed by atoms with Gasteiger partial charge in [-0.25, -0.2) is 4.98 Å². The Labute approximate surface area is 105 Å². The molecule has 2 aromatic rings. The van der Waals surface area contributed by atoms with Gasteiger partial charge < -0.3 is 0 Å². The number of pyridine rings is 1. The Morgan fingerprint density at radius 1 is 1.29 bits per heavy atom. The summed E-state index contributed by atoms with van der Waals surface area (Å²) >= 11 is 5.83. The topological polar surface area (TPSA) is 37.3 Å². The van der Waals surface area contributed by atoms with E-state index in [-0.39, 0.29) is 0 Å². The molecule has 86 valence electrons. The highest BCUT2D eigenvalue weighted by atomic mass is 35.5. The van der Waals surface area contributed by atoms with Crippen molar-refractivity contribution in [1.82, 2.24) is 4.98 Å². The van der Waals surface area contributed by atoms with Crippen LogP contribution in [-0.2, 0) is 0 Å². The second-order valence-corrected chi connectivity index (χ2v) is 4.02. The summed E-state index contributed by atoms with van der Waals surface area (Å²) in [6.45, 7) is 2.04. The smallest absolute Gasteiger partial charge is 0.147 e. The van der Waals surface area contributed by atoms with Gasteiger partial charge in [0.15, 0.2) is 0 Å². The zero-order valence-corrected chi connectivity index (χ0v) is 10.1. The SMILES string of the molecule is Cc1ccccc1/C=N/Nc1cc(Cl)ccn1. The quantitative estimate of drug-likeness (QED) is 0.664. The van der Waals surface area contributed by atoms with Crippen molar-refractivity contribution >= 4 is 23.6 Å². The van der Waals surface area contributed by atoms with Crippen LogP contribution in [0, 0.1) is 6.92 Å². The summed E-state index contributed by atoms with van der Waals surface area (Å²) in [6, 6.07) is 11.5. The number of benzene rings is 1. The number of nitrogens with zero attached hydrogens (tertiary/aromatic N) is 2. The third-order valence-electron chi connectivity index (χ3n) is 2.29. The molecule has 1 N–H and O–H groups in total. The summed E-state index contributed by atoms with van der Waals surface area (Å²) in [5.74, 6) is 0.627. The molecule has 0 spiro atoms. The molecule has 0 bridgehead atoms. The van der Waals surface area contributed by atoms with Gasteiger partial charge in [0.1, 0.15) is 5.82 Å². The van der Waals surface area contributed by atoms with E-state index in [1.807, 2.05) is 31.2 Å². The van der Waals surface area contributed by atoms with Crippen molar-refractivity contribution in [2.24, 2.45) is 5.10 Å². The first-order valence-electron chi connectivity index (χ1n) is 5.22. The number of aromatic nitrogens is 1. The van der Waals surface area contributed by atoms with Gasteiger partial charge in [-0.15, -0.1) is 0 Å².